The van der Waals surface area contributed by atoms with Crippen LogP contribution in [-0.4, -0.2) is 25.5 Å². The van der Waals surface area contributed by atoms with E-state index in [4.69, 9.17) is 4.74 Å². The molecule has 0 aliphatic rings. The number of methoxy groups -OCH3 is 1. The molecule has 0 unspecified atom stereocenters. The number of benzene rings is 1. The van der Waals surface area contributed by atoms with Crippen LogP contribution in [0.3, 0.4) is 0 Å². The molecule has 1 aromatic rings. The van der Waals surface area contributed by atoms with Crippen molar-refractivity contribution in [3.8, 4) is 5.75 Å². The molecule has 1 aromatic carbocycles. The minimum absolute atomic E-state index is 0.526. The zero-order valence-electron chi connectivity index (χ0n) is 11.4. The number of hydrogen-bond donors (Lipinski definition) is 2. The van der Waals surface area contributed by atoms with Gasteiger partial charge in [-0.25, -0.2) is 0 Å². The van der Waals surface area contributed by atoms with E-state index in [0.717, 1.165) is 19.3 Å². The second-order valence-electron chi connectivity index (χ2n) is 4.15. The molecule has 0 aliphatic carbocycles. The average molecular weight is 264 g/mol. The molecule has 0 spiro atoms. The van der Waals surface area contributed by atoms with Crippen LogP contribution in [0.4, 0.5) is 5.69 Å². The molecule has 104 valence electrons. The lowest BCUT2D eigenvalue weighted by Gasteiger charge is -2.07. The van der Waals surface area contributed by atoms with Crippen molar-refractivity contribution in [3.63, 3.8) is 0 Å². The van der Waals surface area contributed by atoms with Gasteiger partial charge >= 0.3 is 11.8 Å². The van der Waals surface area contributed by atoms with E-state index in [1.807, 2.05) is 0 Å². The van der Waals surface area contributed by atoms with Crippen LogP contribution in [0.15, 0.2) is 24.3 Å². The van der Waals surface area contributed by atoms with Gasteiger partial charge in [-0.05, 0) is 18.6 Å². The SMILES string of the molecule is CCCCCNC(=O)C(=O)Nc1cccc(OC)c1. The average Bonchev–Trinajstić information content (AvgIpc) is 2.43. The van der Waals surface area contributed by atoms with E-state index in [1.54, 1.807) is 31.4 Å². The fraction of sp³-hybridized carbons (Fsp3) is 0.429. The molecule has 0 heterocycles. The van der Waals surface area contributed by atoms with E-state index in [9.17, 15) is 9.59 Å². The largest absolute Gasteiger partial charge is 0.497 e. The van der Waals surface area contributed by atoms with E-state index in [-0.39, 0.29) is 0 Å². The van der Waals surface area contributed by atoms with Crippen molar-refractivity contribution in [3.05, 3.63) is 24.3 Å². The highest BCUT2D eigenvalue weighted by Gasteiger charge is 2.12. The van der Waals surface area contributed by atoms with Crippen LogP contribution in [0.25, 0.3) is 0 Å². The molecule has 0 saturated heterocycles. The first-order chi connectivity index (χ1) is 9.17. The number of nitrogens with one attached hydrogen (secondary N) is 2. The first-order valence-electron chi connectivity index (χ1n) is 6.40. The van der Waals surface area contributed by atoms with Gasteiger partial charge in [0.2, 0.25) is 0 Å². The quantitative estimate of drug-likeness (QED) is 0.609. The number of unbranched alkanes of at least 4 members (excludes halogenated alkanes) is 2. The van der Waals surface area contributed by atoms with Crippen LogP contribution < -0.4 is 15.4 Å². The zero-order valence-corrected chi connectivity index (χ0v) is 11.4. The summed E-state index contributed by atoms with van der Waals surface area (Å²) in [4.78, 5) is 23.1. The maximum absolute atomic E-state index is 11.6. The number of hydrogen-bond acceptors (Lipinski definition) is 3. The predicted molar refractivity (Wildman–Crippen MR) is 74.2 cm³/mol. The highest BCUT2D eigenvalue weighted by molar-refractivity contribution is 6.39. The van der Waals surface area contributed by atoms with Crippen molar-refractivity contribution >= 4 is 17.5 Å². The fourth-order valence-corrected chi connectivity index (χ4v) is 1.55. The molecule has 1 rings (SSSR count). The number of anilines is 1. The Labute approximate surface area is 113 Å². The summed E-state index contributed by atoms with van der Waals surface area (Å²) in [5.74, 6) is -0.648. The van der Waals surface area contributed by atoms with Crippen LogP contribution in [-0.2, 0) is 9.59 Å². The molecule has 0 bridgehead atoms. The van der Waals surface area contributed by atoms with Crippen LogP contribution in [0, 0.1) is 0 Å². The third kappa shape index (κ3) is 5.42. The second-order valence-corrected chi connectivity index (χ2v) is 4.15. The minimum Gasteiger partial charge on any atom is -0.497 e. The zero-order chi connectivity index (χ0) is 14.1. The Hall–Kier alpha value is -2.04. The Kier molecular flexibility index (Phi) is 6.43. The Balaban J connectivity index is 2.42. The van der Waals surface area contributed by atoms with Crippen molar-refractivity contribution in [1.29, 1.82) is 0 Å². The lowest BCUT2D eigenvalue weighted by atomic mass is 10.2. The Morgan fingerprint density at radius 2 is 2.00 bits per heavy atom. The number of carbonyl (C=O) groups is 2. The van der Waals surface area contributed by atoms with Crippen LogP contribution in [0.5, 0.6) is 5.75 Å². The lowest BCUT2D eigenvalue weighted by molar-refractivity contribution is -0.136. The number of carbonyl (C=O) groups excluding carboxylic acids is 2. The molecular weight excluding hydrogens is 244 g/mol. The van der Waals surface area contributed by atoms with Crippen molar-refractivity contribution in [2.75, 3.05) is 19.0 Å². The molecule has 0 atom stereocenters. The number of ether oxygens (including phenoxy) is 1. The van der Waals surface area contributed by atoms with Gasteiger partial charge in [-0.3, -0.25) is 9.59 Å². The summed E-state index contributed by atoms with van der Waals surface area (Å²) in [5, 5.41) is 5.11. The highest BCUT2D eigenvalue weighted by Crippen LogP contribution is 2.16. The Morgan fingerprint density at radius 3 is 2.68 bits per heavy atom. The first-order valence-corrected chi connectivity index (χ1v) is 6.40. The molecule has 5 heteroatoms. The summed E-state index contributed by atoms with van der Waals surface area (Å²) in [5.41, 5.74) is 0.535. The number of rotatable bonds is 6. The van der Waals surface area contributed by atoms with E-state index in [1.165, 1.54) is 0 Å². The van der Waals surface area contributed by atoms with Crippen LogP contribution >= 0.6 is 0 Å². The fourth-order valence-electron chi connectivity index (χ4n) is 1.55. The van der Waals surface area contributed by atoms with Crippen molar-refractivity contribution in [2.24, 2.45) is 0 Å². The third-order valence-electron chi connectivity index (χ3n) is 2.60. The van der Waals surface area contributed by atoms with E-state index in [2.05, 4.69) is 17.6 Å². The first kappa shape index (κ1) is 15.0. The third-order valence-corrected chi connectivity index (χ3v) is 2.60. The van der Waals surface area contributed by atoms with Crippen molar-refractivity contribution < 1.29 is 14.3 Å². The molecule has 5 nitrogen and oxygen atoms in total. The van der Waals surface area contributed by atoms with Gasteiger partial charge in [0.15, 0.2) is 0 Å². The van der Waals surface area contributed by atoms with Gasteiger partial charge in [-0.2, -0.15) is 0 Å². The van der Waals surface area contributed by atoms with Gasteiger partial charge in [-0.15, -0.1) is 0 Å². The molecule has 2 N–H and O–H groups in total. The summed E-state index contributed by atoms with van der Waals surface area (Å²) >= 11 is 0. The molecule has 19 heavy (non-hydrogen) atoms. The van der Waals surface area contributed by atoms with Gasteiger partial charge in [0, 0.05) is 18.3 Å². The Morgan fingerprint density at radius 1 is 1.21 bits per heavy atom. The topological polar surface area (TPSA) is 67.4 Å². The summed E-state index contributed by atoms with van der Waals surface area (Å²) in [7, 11) is 1.54. The summed E-state index contributed by atoms with van der Waals surface area (Å²) in [6.07, 6.45) is 3.00. The van der Waals surface area contributed by atoms with E-state index < -0.39 is 11.8 Å². The van der Waals surface area contributed by atoms with E-state index in [0.29, 0.717) is 18.0 Å². The molecule has 2 amide bonds. The Bertz CT molecular complexity index is 432. The summed E-state index contributed by atoms with van der Waals surface area (Å²) in [6, 6.07) is 6.86. The normalized spacial score (nSPS) is 9.79. The van der Waals surface area contributed by atoms with Gasteiger partial charge in [0.05, 0.1) is 7.11 Å². The molecule has 0 fully saturated rings. The second kappa shape index (κ2) is 8.13. The van der Waals surface area contributed by atoms with Crippen LogP contribution in [0.1, 0.15) is 26.2 Å². The van der Waals surface area contributed by atoms with Gasteiger partial charge in [0.25, 0.3) is 0 Å². The summed E-state index contributed by atoms with van der Waals surface area (Å²) < 4.78 is 5.04. The molecule has 0 aromatic heterocycles. The van der Waals surface area contributed by atoms with Gasteiger partial charge < -0.3 is 15.4 Å². The van der Waals surface area contributed by atoms with Gasteiger partial charge in [0.1, 0.15) is 5.75 Å². The van der Waals surface area contributed by atoms with Crippen LogP contribution in [0.2, 0.25) is 0 Å². The standard InChI is InChI=1S/C14H20N2O3/c1-3-4-5-9-15-13(17)14(18)16-11-7-6-8-12(10-11)19-2/h6-8,10H,3-5,9H2,1-2H3,(H,15,17)(H,16,18). The van der Waals surface area contributed by atoms with E-state index >= 15 is 0 Å². The highest BCUT2D eigenvalue weighted by atomic mass is 16.5. The minimum atomic E-state index is -0.662. The maximum atomic E-state index is 11.6. The summed E-state index contributed by atoms with van der Waals surface area (Å²) in [6.45, 7) is 2.61. The molecule has 0 saturated carbocycles. The lowest BCUT2D eigenvalue weighted by Crippen LogP contribution is -2.35. The number of amides is 2. The molecule has 0 radical (unpaired) electrons. The smallest absolute Gasteiger partial charge is 0.313 e. The van der Waals surface area contributed by atoms with Gasteiger partial charge in [-0.1, -0.05) is 25.8 Å². The molecular formula is C14H20N2O3. The monoisotopic (exact) mass is 264 g/mol. The predicted octanol–water partition coefficient (Wildman–Crippen LogP) is 1.94. The van der Waals surface area contributed by atoms with Crippen molar-refractivity contribution in [1.82, 2.24) is 5.32 Å². The molecule has 0 aliphatic heterocycles. The van der Waals surface area contributed by atoms with Crippen molar-refractivity contribution in [2.45, 2.75) is 26.2 Å². The maximum Gasteiger partial charge on any atom is 0.313 e.